The van der Waals surface area contributed by atoms with Gasteiger partial charge in [0, 0.05) is 12.8 Å². The van der Waals surface area contributed by atoms with Gasteiger partial charge in [-0.1, -0.05) is 150 Å². The number of carbonyl (C=O) groups is 2. The molecule has 0 spiro atoms. The van der Waals surface area contributed by atoms with E-state index in [-0.39, 0.29) is 19.3 Å². The van der Waals surface area contributed by atoms with Crippen LogP contribution in [0.15, 0.2) is 85.1 Å². The Balaban J connectivity index is 4.74. The maximum absolute atomic E-state index is 12.7. The molecular weight excluding hydrogens is 838 g/mol. The number of aliphatic hydroxyl groups excluding tert-OH is 2. The largest absolute Gasteiger partial charge is 0.472 e. The van der Waals surface area contributed by atoms with E-state index in [1.54, 1.807) is 24.3 Å². The molecule has 0 aromatic heterocycles. The quantitative estimate of drug-likeness (QED) is 0.0127. The molecule has 4 atom stereocenters. The summed E-state index contributed by atoms with van der Waals surface area (Å²) in [4.78, 5) is 52.7. The normalized spacial score (nSPS) is 15.3. The van der Waals surface area contributed by atoms with Gasteiger partial charge in [-0.25, -0.2) is 9.13 Å². The maximum Gasteiger partial charge on any atom is 0.472 e. The first-order valence-electron chi connectivity index (χ1n) is 22.4. The molecule has 0 amide bonds. The van der Waals surface area contributed by atoms with E-state index in [4.69, 9.17) is 23.8 Å². The van der Waals surface area contributed by atoms with Crippen LogP contribution in [0.1, 0.15) is 149 Å². The summed E-state index contributed by atoms with van der Waals surface area (Å²) in [6.45, 7) is 1.42. The van der Waals surface area contributed by atoms with Gasteiger partial charge in [0.25, 0.3) is 0 Å². The van der Waals surface area contributed by atoms with Gasteiger partial charge >= 0.3 is 27.6 Å². The Bertz CT molecular complexity index is 1430. The summed E-state index contributed by atoms with van der Waals surface area (Å²) in [5, 5.41) is 20.0. The smallest absolute Gasteiger partial charge is 0.462 e. The highest BCUT2D eigenvalue weighted by Gasteiger charge is 2.28. The molecule has 0 aliphatic heterocycles. The van der Waals surface area contributed by atoms with Gasteiger partial charge < -0.3 is 34.4 Å². The lowest BCUT2D eigenvalue weighted by Gasteiger charge is -2.20. The summed E-state index contributed by atoms with van der Waals surface area (Å²) in [5.74, 6) is -1.22. The number of allylic oxidation sites excluding steroid dienone is 12. The predicted octanol–water partition coefficient (Wildman–Crippen LogP) is 10.5. The number of rotatable bonds is 41. The van der Waals surface area contributed by atoms with E-state index in [1.165, 1.54) is 38.5 Å². The van der Waals surface area contributed by atoms with Crippen LogP contribution >= 0.6 is 15.6 Å². The third-order valence-electron chi connectivity index (χ3n) is 8.85. The van der Waals surface area contributed by atoms with Crippen LogP contribution in [0.5, 0.6) is 0 Å². The summed E-state index contributed by atoms with van der Waals surface area (Å²) in [5.41, 5.74) is 0. The molecule has 2 unspecified atom stereocenters. The van der Waals surface area contributed by atoms with Crippen LogP contribution in [0.4, 0.5) is 0 Å². The lowest BCUT2D eigenvalue weighted by atomic mass is 10.1. The number of hydrogen-bond acceptors (Lipinski definition) is 11. The summed E-state index contributed by atoms with van der Waals surface area (Å²) in [7, 11) is -9.75. The van der Waals surface area contributed by atoms with Crippen molar-refractivity contribution in [2.75, 3.05) is 26.4 Å². The van der Waals surface area contributed by atoms with Crippen molar-refractivity contribution in [2.24, 2.45) is 0 Å². The molecule has 0 bridgehead atoms. The molecule has 0 aliphatic carbocycles. The second kappa shape index (κ2) is 41.0. The van der Waals surface area contributed by atoms with E-state index in [9.17, 15) is 33.8 Å². The first-order valence-corrected chi connectivity index (χ1v) is 25.4. The average molecular weight is 917 g/mol. The molecule has 356 valence electrons. The number of hydrogen-bond donors (Lipinski definition) is 5. The molecule has 5 N–H and O–H groups in total. The molecule has 0 aromatic rings. The van der Waals surface area contributed by atoms with Gasteiger partial charge in [-0.2, -0.15) is 0 Å². The summed E-state index contributed by atoms with van der Waals surface area (Å²) in [6, 6.07) is 0. The Labute approximate surface area is 371 Å². The van der Waals surface area contributed by atoms with E-state index >= 15 is 0 Å². The first-order chi connectivity index (χ1) is 29.8. The van der Waals surface area contributed by atoms with Gasteiger partial charge in [0.05, 0.1) is 25.9 Å². The van der Waals surface area contributed by atoms with Gasteiger partial charge in [0.15, 0.2) is 6.10 Å². The van der Waals surface area contributed by atoms with Crippen LogP contribution in [0.3, 0.4) is 0 Å². The van der Waals surface area contributed by atoms with Crippen molar-refractivity contribution in [3.63, 3.8) is 0 Å². The van der Waals surface area contributed by atoms with E-state index in [1.807, 2.05) is 12.2 Å². The van der Waals surface area contributed by atoms with Crippen molar-refractivity contribution in [1.29, 1.82) is 0 Å². The van der Waals surface area contributed by atoms with Gasteiger partial charge in [-0.15, -0.1) is 0 Å². The number of unbranched alkanes of at least 4 members (excludes halogenated alkanes) is 11. The summed E-state index contributed by atoms with van der Waals surface area (Å²) in [6.07, 6.45) is 43.2. The number of esters is 2. The molecule has 62 heavy (non-hydrogen) atoms. The first kappa shape index (κ1) is 59.3. The zero-order valence-electron chi connectivity index (χ0n) is 37.3. The van der Waals surface area contributed by atoms with Crippen LogP contribution < -0.4 is 0 Å². The molecule has 0 aromatic carbocycles. The number of phosphoric ester groups is 2. The van der Waals surface area contributed by atoms with Crippen LogP contribution in [-0.2, 0) is 41.8 Å². The summed E-state index contributed by atoms with van der Waals surface area (Å²) < 4.78 is 47.6. The molecule has 0 saturated heterocycles. The Hall–Kier alpha value is -2.74. The van der Waals surface area contributed by atoms with E-state index in [0.717, 1.165) is 64.2 Å². The SMILES string of the molecule is CC/C=C\C/C=C\C/C=C\C/C=C\C=C/C(O)C/C=C\CCC(=O)O[C@H](COC(=O)CCCCCCCCC/C=C\CCCCCC)COP(=O)(O)OC[C@@H](O)COP(=O)(O)O. The van der Waals surface area contributed by atoms with Crippen molar-refractivity contribution in [3.8, 4) is 0 Å². The van der Waals surface area contributed by atoms with E-state index in [0.29, 0.717) is 12.8 Å². The highest BCUT2D eigenvalue weighted by molar-refractivity contribution is 7.47. The van der Waals surface area contributed by atoms with Crippen LogP contribution in [0.25, 0.3) is 0 Å². The molecule has 0 aliphatic rings. The topological polar surface area (TPSA) is 216 Å². The van der Waals surface area contributed by atoms with Crippen molar-refractivity contribution in [3.05, 3.63) is 85.1 Å². The van der Waals surface area contributed by atoms with Gasteiger partial charge in [0.2, 0.25) is 0 Å². The van der Waals surface area contributed by atoms with Crippen molar-refractivity contribution in [1.82, 2.24) is 0 Å². The highest BCUT2D eigenvalue weighted by Crippen LogP contribution is 2.43. The number of aliphatic hydroxyl groups is 2. The molecule has 0 heterocycles. The average Bonchev–Trinajstić information content (AvgIpc) is 3.23. The lowest BCUT2D eigenvalue weighted by Crippen LogP contribution is -2.29. The Morgan fingerprint density at radius 3 is 1.73 bits per heavy atom. The fourth-order valence-electron chi connectivity index (χ4n) is 5.45. The lowest BCUT2D eigenvalue weighted by molar-refractivity contribution is -0.161. The van der Waals surface area contributed by atoms with E-state index in [2.05, 4.69) is 71.5 Å². The second-order valence-electron chi connectivity index (χ2n) is 14.8. The van der Waals surface area contributed by atoms with Gasteiger partial charge in [-0.3, -0.25) is 23.2 Å². The van der Waals surface area contributed by atoms with Crippen molar-refractivity contribution < 1.29 is 66.7 Å². The minimum absolute atomic E-state index is 0.0797. The standard InChI is InChI=1S/C46H78O14P2/c1-3-5-7-9-11-13-15-17-18-20-22-24-26-28-32-36-45(49)56-40-44(41-59-62(54,55)58-39-43(48)38-57-61(51,52)53)60-46(50)37-33-29-31-35-42(47)34-30-27-25-23-21-19-16-14-12-10-8-6-4-2/h6,8,12-15,19,21,25,27,29-31,34,42-44,47-48H,3-5,7,9-11,16-18,20,22-24,26,28,32-33,35-41H2,1-2H3,(H,54,55)(H2,51,52,53)/b8-6-,14-12-,15-13-,21-19-,27-25-,31-29-,34-30-/t42?,43-,44+/m0/s1. The Kier molecular flexibility index (Phi) is 39.2. The number of ether oxygens (including phenoxy) is 2. The predicted molar refractivity (Wildman–Crippen MR) is 245 cm³/mol. The fourth-order valence-corrected chi connectivity index (χ4v) is 6.61. The second-order valence-corrected chi connectivity index (χ2v) is 17.5. The highest BCUT2D eigenvalue weighted by atomic mass is 31.2. The molecule has 16 heteroatoms. The van der Waals surface area contributed by atoms with Crippen LogP contribution in [0, 0.1) is 0 Å². The zero-order valence-corrected chi connectivity index (χ0v) is 39.1. The van der Waals surface area contributed by atoms with E-state index < -0.39 is 72.3 Å². The third kappa shape index (κ3) is 43.9. The summed E-state index contributed by atoms with van der Waals surface area (Å²) >= 11 is 0. The molecule has 0 rings (SSSR count). The van der Waals surface area contributed by atoms with Gasteiger partial charge in [0.1, 0.15) is 12.7 Å². The molecule has 0 saturated carbocycles. The molecule has 0 fully saturated rings. The van der Waals surface area contributed by atoms with Crippen LogP contribution in [-0.4, -0.2) is 81.6 Å². The molecular formula is C46H78O14P2. The Morgan fingerprint density at radius 1 is 0.548 bits per heavy atom. The number of phosphoric acid groups is 2. The van der Waals surface area contributed by atoms with Crippen molar-refractivity contribution in [2.45, 2.75) is 167 Å². The third-order valence-corrected chi connectivity index (χ3v) is 10.3. The minimum Gasteiger partial charge on any atom is -0.462 e. The van der Waals surface area contributed by atoms with Crippen molar-refractivity contribution >= 4 is 27.6 Å². The zero-order chi connectivity index (χ0) is 46.0. The maximum atomic E-state index is 12.7. The molecule has 0 radical (unpaired) electrons. The minimum atomic E-state index is -4.89. The molecule has 14 nitrogen and oxygen atoms in total. The fraction of sp³-hybridized carbons (Fsp3) is 0.652. The Morgan fingerprint density at radius 2 is 1.10 bits per heavy atom. The monoisotopic (exact) mass is 916 g/mol. The van der Waals surface area contributed by atoms with Gasteiger partial charge in [-0.05, 0) is 70.6 Å². The van der Waals surface area contributed by atoms with Crippen LogP contribution in [0.2, 0.25) is 0 Å². The number of carbonyl (C=O) groups excluding carboxylic acids is 2.